The monoisotopic (exact) mass is 442 g/mol. The molecule has 9 nitrogen and oxygen atoms in total. The molecule has 0 unspecified atom stereocenters. The lowest BCUT2D eigenvalue weighted by Crippen LogP contribution is -2.37. The second-order valence-corrected chi connectivity index (χ2v) is 9.15. The predicted octanol–water partition coefficient (Wildman–Crippen LogP) is 1.93. The molecule has 4 rings (SSSR count). The van der Waals surface area contributed by atoms with Crippen LogP contribution in [0.25, 0.3) is 10.9 Å². The highest BCUT2D eigenvalue weighted by atomic mass is 32.2. The van der Waals surface area contributed by atoms with Crippen molar-refractivity contribution >= 4 is 32.5 Å². The average molecular weight is 442 g/mol. The van der Waals surface area contributed by atoms with Gasteiger partial charge in [0.05, 0.1) is 24.5 Å². The summed E-state index contributed by atoms with van der Waals surface area (Å²) in [5, 5.41) is 0.411. The molecule has 0 spiro atoms. The fourth-order valence-corrected chi connectivity index (χ4v) is 3.84. The molecular formula is C21H22N4O5S. The lowest BCUT2D eigenvalue weighted by molar-refractivity contribution is 0.0467. The van der Waals surface area contributed by atoms with E-state index in [4.69, 9.17) is 14.5 Å². The number of nitrogens with zero attached hydrogens (tertiary/aromatic N) is 4. The molecule has 3 heterocycles. The number of fused-ring (bicyclic) bond motifs is 1. The molecule has 162 valence electrons. The van der Waals surface area contributed by atoms with Gasteiger partial charge in [0.2, 0.25) is 15.0 Å². The van der Waals surface area contributed by atoms with Gasteiger partial charge in [-0.2, -0.15) is 0 Å². The summed E-state index contributed by atoms with van der Waals surface area (Å²) in [6.45, 7) is 4.03. The van der Waals surface area contributed by atoms with Crippen LogP contribution >= 0.6 is 0 Å². The number of ether oxygens (including phenoxy) is 2. The summed E-state index contributed by atoms with van der Waals surface area (Å²) in [5.41, 5.74) is 2.20. The third kappa shape index (κ3) is 4.49. The Morgan fingerprint density at radius 1 is 1.16 bits per heavy atom. The van der Waals surface area contributed by atoms with Crippen molar-refractivity contribution in [2.75, 3.05) is 37.5 Å². The second kappa shape index (κ2) is 8.56. The largest absolute Gasteiger partial charge is 0.456 e. The molecule has 0 radical (unpaired) electrons. The van der Waals surface area contributed by atoms with Crippen LogP contribution in [-0.2, 0) is 25.9 Å². The Bertz CT molecular complexity index is 1230. The fourth-order valence-electron chi connectivity index (χ4n) is 3.34. The summed E-state index contributed by atoms with van der Waals surface area (Å²) in [4.78, 5) is 27.4. The van der Waals surface area contributed by atoms with Crippen LogP contribution in [0.5, 0.6) is 0 Å². The number of carbonyl (C=O) groups is 1. The number of benzene rings is 1. The van der Waals surface area contributed by atoms with E-state index in [-0.39, 0.29) is 11.8 Å². The number of anilines is 1. The van der Waals surface area contributed by atoms with Gasteiger partial charge in [0, 0.05) is 30.9 Å². The van der Waals surface area contributed by atoms with Crippen molar-refractivity contribution in [1.82, 2.24) is 15.0 Å². The van der Waals surface area contributed by atoms with Crippen LogP contribution in [0.4, 0.5) is 5.82 Å². The number of esters is 1. The van der Waals surface area contributed by atoms with Crippen molar-refractivity contribution in [3.8, 4) is 0 Å². The molecule has 0 aliphatic carbocycles. The minimum absolute atomic E-state index is 0.0271. The van der Waals surface area contributed by atoms with E-state index in [0.29, 0.717) is 54.3 Å². The van der Waals surface area contributed by atoms with Crippen molar-refractivity contribution < 1.29 is 22.7 Å². The summed E-state index contributed by atoms with van der Waals surface area (Å²) in [7, 11) is -3.58. The van der Waals surface area contributed by atoms with E-state index in [1.54, 1.807) is 24.3 Å². The molecule has 1 aliphatic heterocycles. The Morgan fingerprint density at radius 3 is 2.55 bits per heavy atom. The predicted molar refractivity (Wildman–Crippen MR) is 114 cm³/mol. The molecular weight excluding hydrogens is 420 g/mol. The van der Waals surface area contributed by atoms with Crippen LogP contribution in [0.15, 0.2) is 41.7 Å². The first-order valence-electron chi connectivity index (χ1n) is 9.76. The highest BCUT2D eigenvalue weighted by Gasteiger charge is 2.23. The van der Waals surface area contributed by atoms with Crippen molar-refractivity contribution in [2.24, 2.45) is 0 Å². The van der Waals surface area contributed by atoms with Gasteiger partial charge in [0.1, 0.15) is 12.1 Å². The van der Waals surface area contributed by atoms with E-state index in [1.807, 2.05) is 17.9 Å². The molecule has 1 aliphatic rings. The maximum atomic E-state index is 12.4. The molecule has 10 heteroatoms. The highest BCUT2D eigenvalue weighted by Crippen LogP contribution is 2.29. The van der Waals surface area contributed by atoms with E-state index in [1.165, 1.54) is 6.20 Å². The number of carbonyl (C=O) groups excluding carboxylic acids is 1. The first-order valence-corrected chi connectivity index (χ1v) is 11.6. The zero-order valence-corrected chi connectivity index (χ0v) is 18.1. The Balaban J connectivity index is 1.75. The third-order valence-corrected chi connectivity index (χ3v) is 5.91. The van der Waals surface area contributed by atoms with E-state index >= 15 is 0 Å². The van der Waals surface area contributed by atoms with Crippen LogP contribution in [0, 0.1) is 6.92 Å². The SMILES string of the molecule is Cc1c(COC(=O)c2ccccc2)nc(N2CCOCC2)c2nc(S(C)(=O)=O)ncc12. The quantitative estimate of drug-likeness (QED) is 0.432. The zero-order valence-electron chi connectivity index (χ0n) is 17.2. The molecule has 0 N–H and O–H groups in total. The Labute approximate surface area is 180 Å². The number of aromatic nitrogens is 3. The number of rotatable bonds is 5. The van der Waals surface area contributed by atoms with Gasteiger partial charge >= 0.3 is 5.97 Å². The maximum absolute atomic E-state index is 12.4. The third-order valence-electron chi connectivity index (χ3n) is 5.05. The number of pyridine rings is 1. The van der Waals surface area contributed by atoms with Gasteiger partial charge in [0.15, 0.2) is 5.82 Å². The summed E-state index contributed by atoms with van der Waals surface area (Å²) in [6, 6.07) is 8.73. The van der Waals surface area contributed by atoms with Crippen LogP contribution in [0.2, 0.25) is 0 Å². The first kappa shape index (κ1) is 21.1. The van der Waals surface area contributed by atoms with Gasteiger partial charge in [-0.25, -0.2) is 28.2 Å². The van der Waals surface area contributed by atoms with Gasteiger partial charge in [-0.1, -0.05) is 18.2 Å². The standard InChI is InChI=1S/C21H22N4O5S/c1-14-16-12-22-21(31(2,27)28)24-18(16)19(25-8-10-29-11-9-25)23-17(14)13-30-20(26)15-6-4-3-5-7-15/h3-7,12H,8-11,13H2,1-2H3. The van der Waals surface area contributed by atoms with E-state index < -0.39 is 15.8 Å². The van der Waals surface area contributed by atoms with Crippen molar-refractivity contribution in [3.63, 3.8) is 0 Å². The number of aryl methyl sites for hydroxylation is 1. The smallest absolute Gasteiger partial charge is 0.338 e. The van der Waals surface area contributed by atoms with Crippen molar-refractivity contribution in [3.05, 3.63) is 53.3 Å². The van der Waals surface area contributed by atoms with Gasteiger partial charge < -0.3 is 14.4 Å². The highest BCUT2D eigenvalue weighted by molar-refractivity contribution is 7.90. The van der Waals surface area contributed by atoms with Crippen molar-refractivity contribution in [1.29, 1.82) is 0 Å². The summed E-state index contributed by atoms with van der Waals surface area (Å²) >= 11 is 0. The Kier molecular flexibility index (Phi) is 5.84. The number of morpholine rings is 1. The fraction of sp³-hybridized carbons (Fsp3) is 0.333. The summed E-state index contributed by atoms with van der Waals surface area (Å²) in [6.07, 6.45) is 2.56. The lowest BCUT2D eigenvalue weighted by atomic mass is 10.1. The minimum atomic E-state index is -3.58. The Hall–Kier alpha value is -3.11. The number of hydrogen-bond donors (Lipinski definition) is 0. The number of sulfone groups is 1. The topological polar surface area (TPSA) is 112 Å². The molecule has 31 heavy (non-hydrogen) atoms. The molecule has 0 bridgehead atoms. The molecule has 0 amide bonds. The van der Waals surface area contributed by atoms with Gasteiger partial charge in [-0.3, -0.25) is 0 Å². The molecule has 2 aromatic heterocycles. The Morgan fingerprint density at radius 2 is 1.87 bits per heavy atom. The number of hydrogen-bond acceptors (Lipinski definition) is 9. The molecule has 1 aromatic carbocycles. The molecule has 1 saturated heterocycles. The molecule has 0 atom stereocenters. The zero-order chi connectivity index (χ0) is 22.0. The molecule has 3 aromatic rings. The van der Waals surface area contributed by atoms with Crippen LogP contribution < -0.4 is 4.90 Å². The first-order chi connectivity index (χ1) is 14.8. The second-order valence-electron chi connectivity index (χ2n) is 7.24. The minimum Gasteiger partial charge on any atom is -0.456 e. The van der Waals surface area contributed by atoms with Crippen molar-refractivity contribution in [2.45, 2.75) is 18.7 Å². The van der Waals surface area contributed by atoms with Gasteiger partial charge in [-0.15, -0.1) is 0 Å². The summed E-state index contributed by atoms with van der Waals surface area (Å²) < 4.78 is 34.9. The van der Waals surface area contributed by atoms with Crippen LogP contribution in [-0.4, -0.2) is 61.9 Å². The summed E-state index contributed by atoms with van der Waals surface area (Å²) in [5.74, 6) is 0.0838. The molecule has 1 fully saturated rings. The van der Waals surface area contributed by atoms with Gasteiger partial charge in [-0.05, 0) is 24.6 Å². The van der Waals surface area contributed by atoms with E-state index in [9.17, 15) is 13.2 Å². The van der Waals surface area contributed by atoms with E-state index in [0.717, 1.165) is 11.8 Å². The van der Waals surface area contributed by atoms with E-state index in [2.05, 4.69) is 9.97 Å². The molecule has 0 saturated carbocycles. The normalized spacial score (nSPS) is 14.6. The van der Waals surface area contributed by atoms with Crippen LogP contribution in [0.3, 0.4) is 0 Å². The average Bonchev–Trinajstić information content (AvgIpc) is 2.78. The maximum Gasteiger partial charge on any atom is 0.338 e. The lowest BCUT2D eigenvalue weighted by Gasteiger charge is -2.29. The van der Waals surface area contributed by atoms with Crippen LogP contribution in [0.1, 0.15) is 21.6 Å². The van der Waals surface area contributed by atoms with Gasteiger partial charge in [0.25, 0.3) is 0 Å².